The van der Waals surface area contributed by atoms with Crippen LogP contribution >= 0.6 is 0 Å². The summed E-state index contributed by atoms with van der Waals surface area (Å²) in [6.07, 6.45) is 4.19. The molecule has 0 bridgehead atoms. The number of aliphatic hydroxyl groups is 3. The molecule has 2 rings (SSSR count). The van der Waals surface area contributed by atoms with Gasteiger partial charge in [0.15, 0.2) is 11.8 Å². The number of nitrogens with zero attached hydrogens (tertiary/aromatic N) is 1. The first-order valence-corrected chi connectivity index (χ1v) is 5.86. The molecule has 1 aliphatic heterocycles. The third-order valence-electron chi connectivity index (χ3n) is 3.41. The molecule has 4 atom stereocenters. The van der Waals surface area contributed by atoms with Crippen molar-refractivity contribution in [3.63, 3.8) is 0 Å². The van der Waals surface area contributed by atoms with Crippen LogP contribution in [0.5, 0.6) is 0 Å². The molecule has 8 nitrogen and oxygen atoms in total. The van der Waals surface area contributed by atoms with Crippen LogP contribution in [0.25, 0.3) is 0 Å². The number of hydrogen-bond acceptors (Lipinski definition) is 6. The summed E-state index contributed by atoms with van der Waals surface area (Å²) < 4.78 is 6.28. The van der Waals surface area contributed by atoms with Crippen molar-refractivity contribution in [2.45, 2.75) is 17.9 Å². The SMILES string of the molecule is C#CC1(O)C(CO)[C@@H](CO)O[C@H]1n1ccc(=O)[nH]c1=O. The highest BCUT2D eigenvalue weighted by molar-refractivity contribution is 5.18. The molecule has 0 amide bonds. The number of rotatable bonds is 3. The van der Waals surface area contributed by atoms with Gasteiger partial charge in [-0.05, 0) is 0 Å². The maximum Gasteiger partial charge on any atom is 0.330 e. The third kappa shape index (κ3) is 2.07. The van der Waals surface area contributed by atoms with E-state index < -0.39 is 48.3 Å². The third-order valence-corrected chi connectivity index (χ3v) is 3.41. The summed E-state index contributed by atoms with van der Waals surface area (Å²) in [5.41, 5.74) is -3.40. The second-order valence-electron chi connectivity index (χ2n) is 4.49. The number of aromatic amines is 1. The summed E-state index contributed by atoms with van der Waals surface area (Å²) in [6.45, 7) is -1.01. The van der Waals surface area contributed by atoms with Gasteiger partial charge in [-0.2, -0.15) is 0 Å². The largest absolute Gasteiger partial charge is 0.396 e. The number of aliphatic hydroxyl groups excluding tert-OH is 2. The van der Waals surface area contributed by atoms with E-state index in [4.69, 9.17) is 11.2 Å². The Kier molecular flexibility index (Phi) is 3.78. The van der Waals surface area contributed by atoms with Crippen molar-refractivity contribution in [3.05, 3.63) is 33.1 Å². The number of terminal acetylenes is 1. The van der Waals surface area contributed by atoms with E-state index in [0.29, 0.717) is 0 Å². The molecule has 0 saturated carbocycles. The minimum atomic E-state index is -1.98. The number of hydrogen-bond donors (Lipinski definition) is 4. The highest BCUT2D eigenvalue weighted by Gasteiger charge is 2.55. The summed E-state index contributed by atoms with van der Waals surface area (Å²) in [5, 5.41) is 29.0. The topological polar surface area (TPSA) is 125 Å². The van der Waals surface area contributed by atoms with Crippen LogP contribution in [0.4, 0.5) is 0 Å². The van der Waals surface area contributed by atoms with Crippen molar-refractivity contribution in [3.8, 4) is 12.3 Å². The van der Waals surface area contributed by atoms with E-state index in [1.54, 1.807) is 0 Å². The van der Waals surface area contributed by atoms with Gasteiger partial charge in [0.2, 0.25) is 0 Å². The normalized spacial score (nSPS) is 33.0. The minimum Gasteiger partial charge on any atom is -0.396 e. The molecule has 0 aromatic carbocycles. The molecule has 4 N–H and O–H groups in total. The molecule has 1 aromatic rings. The molecule has 1 fully saturated rings. The molecule has 1 aromatic heterocycles. The number of H-pyrrole nitrogens is 1. The van der Waals surface area contributed by atoms with E-state index in [2.05, 4.69) is 5.92 Å². The van der Waals surface area contributed by atoms with Crippen LogP contribution in [0, 0.1) is 18.3 Å². The molecule has 1 aliphatic rings. The summed E-state index contributed by atoms with van der Waals surface area (Å²) in [7, 11) is 0. The molecule has 1 saturated heterocycles. The predicted molar refractivity (Wildman–Crippen MR) is 66.7 cm³/mol. The lowest BCUT2D eigenvalue weighted by Gasteiger charge is -2.28. The maximum atomic E-state index is 11.7. The smallest absolute Gasteiger partial charge is 0.330 e. The van der Waals surface area contributed by atoms with Gasteiger partial charge in [-0.15, -0.1) is 6.42 Å². The van der Waals surface area contributed by atoms with Crippen LogP contribution in [0.3, 0.4) is 0 Å². The van der Waals surface area contributed by atoms with Gasteiger partial charge in [0.1, 0.15) is 0 Å². The van der Waals surface area contributed by atoms with Crippen molar-refractivity contribution in [1.29, 1.82) is 0 Å². The van der Waals surface area contributed by atoms with Crippen LogP contribution in [-0.2, 0) is 4.74 Å². The first-order chi connectivity index (χ1) is 9.47. The van der Waals surface area contributed by atoms with Gasteiger partial charge >= 0.3 is 5.69 Å². The van der Waals surface area contributed by atoms with Gasteiger partial charge in [-0.1, -0.05) is 5.92 Å². The van der Waals surface area contributed by atoms with E-state index in [9.17, 15) is 24.9 Å². The molecular weight excluding hydrogens is 268 g/mol. The zero-order valence-electron chi connectivity index (χ0n) is 10.4. The number of aromatic nitrogens is 2. The highest BCUT2D eigenvalue weighted by Crippen LogP contribution is 2.41. The molecule has 108 valence electrons. The lowest BCUT2D eigenvalue weighted by molar-refractivity contribution is -0.0750. The Bertz CT molecular complexity index is 644. The first kappa shape index (κ1) is 14.5. The van der Waals surface area contributed by atoms with E-state index >= 15 is 0 Å². The van der Waals surface area contributed by atoms with Crippen molar-refractivity contribution >= 4 is 0 Å². The number of nitrogens with one attached hydrogen (secondary N) is 1. The van der Waals surface area contributed by atoms with Crippen LogP contribution in [0.1, 0.15) is 6.23 Å². The lowest BCUT2D eigenvalue weighted by atomic mass is 9.86. The van der Waals surface area contributed by atoms with Crippen molar-refractivity contribution in [1.82, 2.24) is 9.55 Å². The van der Waals surface area contributed by atoms with Crippen LogP contribution in [0.2, 0.25) is 0 Å². The Morgan fingerprint density at radius 3 is 2.65 bits per heavy atom. The standard InChI is InChI=1S/C12H14N2O6/c1-2-12(19)7(5-15)8(6-16)20-10(12)14-4-3-9(17)13-11(14)18/h1,3-4,7-8,10,15-16,19H,5-6H2,(H,13,17,18)/t7?,8-,10-,12?/m1/s1. The fraction of sp³-hybridized carbons (Fsp3) is 0.500. The Labute approximate surface area is 113 Å². The van der Waals surface area contributed by atoms with Crippen LogP contribution in [0.15, 0.2) is 21.9 Å². The fourth-order valence-corrected chi connectivity index (χ4v) is 2.33. The monoisotopic (exact) mass is 282 g/mol. The molecule has 8 heteroatoms. The van der Waals surface area contributed by atoms with E-state index in [1.165, 1.54) is 0 Å². The number of ether oxygens (including phenoxy) is 1. The Balaban J connectivity index is 2.53. The van der Waals surface area contributed by atoms with Gasteiger partial charge in [0.25, 0.3) is 5.56 Å². The molecule has 0 aliphatic carbocycles. The summed E-state index contributed by atoms with van der Waals surface area (Å²) in [5.74, 6) is 1.15. The zero-order valence-corrected chi connectivity index (χ0v) is 10.4. The van der Waals surface area contributed by atoms with Gasteiger partial charge in [-0.3, -0.25) is 14.3 Å². The van der Waals surface area contributed by atoms with E-state index in [0.717, 1.165) is 16.8 Å². The van der Waals surface area contributed by atoms with Gasteiger partial charge in [-0.25, -0.2) is 4.79 Å². The van der Waals surface area contributed by atoms with E-state index in [-0.39, 0.29) is 0 Å². The average molecular weight is 282 g/mol. The molecule has 20 heavy (non-hydrogen) atoms. The van der Waals surface area contributed by atoms with Crippen molar-refractivity contribution in [2.24, 2.45) is 5.92 Å². The lowest BCUT2D eigenvalue weighted by Crippen LogP contribution is -2.46. The minimum absolute atomic E-state index is 0.482. The Morgan fingerprint density at radius 1 is 1.45 bits per heavy atom. The van der Waals surface area contributed by atoms with Crippen LogP contribution < -0.4 is 11.2 Å². The summed E-state index contributed by atoms with van der Waals surface area (Å²) in [4.78, 5) is 24.8. The molecule has 0 radical (unpaired) electrons. The zero-order chi connectivity index (χ0) is 14.9. The first-order valence-electron chi connectivity index (χ1n) is 5.86. The van der Waals surface area contributed by atoms with E-state index in [1.807, 2.05) is 4.98 Å². The van der Waals surface area contributed by atoms with Gasteiger partial charge < -0.3 is 20.1 Å². The molecule has 2 unspecified atom stereocenters. The second kappa shape index (κ2) is 5.22. The maximum absolute atomic E-state index is 11.7. The highest BCUT2D eigenvalue weighted by atomic mass is 16.5. The Morgan fingerprint density at radius 2 is 2.15 bits per heavy atom. The average Bonchev–Trinajstić information content (AvgIpc) is 2.72. The van der Waals surface area contributed by atoms with Crippen molar-refractivity contribution < 1.29 is 20.1 Å². The fourth-order valence-electron chi connectivity index (χ4n) is 2.33. The quantitative estimate of drug-likeness (QED) is 0.451. The molecule has 2 heterocycles. The summed E-state index contributed by atoms with van der Waals surface area (Å²) in [6, 6.07) is 1.07. The van der Waals surface area contributed by atoms with Crippen molar-refractivity contribution in [2.75, 3.05) is 13.2 Å². The van der Waals surface area contributed by atoms with Crippen LogP contribution in [-0.4, -0.2) is 49.8 Å². The van der Waals surface area contributed by atoms with Gasteiger partial charge in [0.05, 0.1) is 25.2 Å². The van der Waals surface area contributed by atoms with Gasteiger partial charge in [0, 0.05) is 12.3 Å². The molecule has 0 spiro atoms. The second-order valence-corrected chi connectivity index (χ2v) is 4.49. The Hall–Kier alpha value is -1.92. The summed E-state index contributed by atoms with van der Waals surface area (Å²) >= 11 is 0. The molecular formula is C12H14N2O6. The predicted octanol–water partition coefficient (Wildman–Crippen LogP) is -2.60.